The molecular formula is C12H15Cl2F2NO. The van der Waals surface area contributed by atoms with Crippen molar-refractivity contribution in [1.29, 1.82) is 0 Å². The fourth-order valence-corrected chi connectivity index (χ4v) is 1.96. The summed E-state index contributed by atoms with van der Waals surface area (Å²) in [4.78, 5) is 0. The lowest BCUT2D eigenvalue weighted by atomic mass is 10.0. The Labute approximate surface area is 115 Å². The Hall–Kier alpha value is -0.420. The molecule has 1 aromatic carbocycles. The molecular weight excluding hydrogens is 283 g/mol. The van der Waals surface area contributed by atoms with E-state index in [0.717, 1.165) is 5.56 Å². The summed E-state index contributed by atoms with van der Waals surface area (Å²) in [6.07, 6.45) is -1.37. The second-order valence-corrected chi connectivity index (χ2v) is 4.80. The number of alkyl halides is 2. The lowest BCUT2D eigenvalue weighted by molar-refractivity contribution is 0.0153. The Bertz CT molecular complexity index is 377. The summed E-state index contributed by atoms with van der Waals surface area (Å²) >= 11 is 11.8. The highest BCUT2D eigenvalue weighted by molar-refractivity contribution is 6.35. The van der Waals surface area contributed by atoms with E-state index in [9.17, 15) is 8.78 Å². The second-order valence-electron chi connectivity index (χ2n) is 3.95. The first-order valence-corrected chi connectivity index (χ1v) is 6.30. The van der Waals surface area contributed by atoms with Crippen molar-refractivity contribution in [3.63, 3.8) is 0 Å². The topological polar surface area (TPSA) is 35.2 Å². The molecule has 6 heteroatoms. The van der Waals surface area contributed by atoms with Crippen LogP contribution in [0.3, 0.4) is 0 Å². The number of ether oxygens (including phenoxy) is 1. The Balaban J connectivity index is 2.33. The molecule has 1 atom stereocenters. The lowest BCUT2D eigenvalue weighted by Crippen LogP contribution is -2.25. The van der Waals surface area contributed by atoms with Crippen LogP contribution in [0.25, 0.3) is 0 Å². The van der Waals surface area contributed by atoms with Gasteiger partial charge in [0.05, 0.1) is 0 Å². The van der Waals surface area contributed by atoms with Gasteiger partial charge < -0.3 is 10.5 Å². The van der Waals surface area contributed by atoms with E-state index in [1.54, 1.807) is 12.1 Å². The lowest BCUT2D eigenvalue weighted by Gasteiger charge is -2.13. The van der Waals surface area contributed by atoms with E-state index in [-0.39, 0.29) is 12.6 Å². The SMILES string of the molecule is NC(CCOCC(F)F)Cc1ccc(Cl)cc1Cl. The number of hydrogen-bond donors (Lipinski definition) is 1. The van der Waals surface area contributed by atoms with E-state index in [4.69, 9.17) is 33.7 Å². The van der Waals surface area contributed by atoms with Crippen molar-refractivity contribution in [2.45, 2.75) is 25.3 Å². The maximum atomic E-state index is 11.8. The molecule has 0 heterocycles. The maximum absolute atomic E-state index is 11.8. The Morgan fingerprint density at radius 1 is 1.28 bits per heavy atom. The summed E-state index contributed by atoms with van der Waals surface area (Å²) in [5.41, 5.74) is 6.76. The van der Waals surface area contributed by atoms with Crippen molar-refractivity contribution < 1.29 is 13.5 Å². The predicted octanol–water partition coefficient (Wildman–Crippen LogP) is 3.54. The Morgan fingerprint density at radius 3 is 2.61 bits per heavy atom. The Morgan fingerprint density at radius 2 is 2.00 bits per heavy atom. The van der Waals surface area contributed by atoms with E-state index < -0.39 is 13.0 Å². The summed E-state index contributed by atoms with van der Waals surface area (Å²) in [7, 11) is 0. The molecule has 0 saturated heterocycles. The maximum Gasteiger partial charge on any atom is 0.261 e. The third-order valence-electron chi connectivity index (χ3n) is 2.37. The van der Waals surface area contributed by atoms with Crippen LogP contribution in [0.1, 0.15) is 12.0 Å². The van der Waals surface area contributed by atoms with Gasteiger partial charge in [0.1, 0.15) is 6.61 Å². The van der Waals surface area contributed by atoms with E-state index in [2.05, 4.69) is 0 Å². The summed E-state index contributed by atoms with van der Waals surface area (Å²) in [5, 5.41) is 1.13. The molecule has 1 unspecified atom stereocenters. The predicted molar refractivity (Wildman–Crippen MR) is 69.6 cm³/mol. The van der Waals surface area contributed by atoms with Crippen LogP contribution < -0.4 is 5.73 Å². The van der Waals surface area contributed by atoms with Gasteiger partial charge in [-0.3, -0.25) is 0 Å². The van der Waals surface area contributed by atoms with Crippen molar-refractivity contribution in [3.05, 3.63) is 33.8 Å². The minimum absolute atomic E-state index is 0.179. The summed E-state index contributed by atoms with van der Waals surface area (Å²) in [6, 6.07) is 5.02. The molecule has 0 amide bonds. The monoisotopic (exact) mass is 297 g/mol. The molecule has 0 bridgehead atoms. The molecule has 0 radical (unpaired) electrons. The number of hydrogen-bond acceptors (Lipinski definition) is 2. The molecule has 18 heavy (non-hydrogen) atoms. The standard InChI is InChI=1S/C12H15Cl2F2NO/c13-9-2-1-8(11(14)6-9)5-10(17)3-4-18-7-12(15)16/h1-2,6,10,12H,3-5,7,17H2. The van der Waals surface area contributed by atoms with Crippen LogP contribution in [-0.4, -0.2) is 25.7 Å². The van der Waals surface area contributed by atoms with Crippen LogP contribution in [-0.2, 0) is 11.2 Å². The van der Waals surface area contributed by atoms with Gasteiger partial charge in [0.2, 0.25) is 0 Å². The van der Waals surface area contributed by atoms with Crippen LogP contribution in [0, 0.1) is 0 Å². The van der Waals surface area contributed by atoms with Crippen molar-refractivity contribution in [2.75, 3.05) is 13.2 Å². The molecule has 102 valence electrons. The zero-order chi connectivity index (χ0) is 13.5. The fourth-order valence-electron chi connectivity index (χ4n) is 1.48. The molecule has 0 saturated carbocycles. The van der Waals surface area contributed by atoms with Crippen molar-refractivity contribution >= 4 is 23.2 Å². The molecule has 0 aliphatic rings. The first-order valence-electron chi connectivity index (χ1n) is 5.54. The quantitative estimate of drug-likeness (QED) is 0.782. The van der Waals surface area contributed by atoms with Crippen molar-refractivity contribution in [2.24, 2.45) is 5.73 Å². The van der Waals surface area contributed by atoms with Gasteiger partial charge in [0, 0.05) is 22.7 Å². The molecule has 2 nitrogen and oxygen atoms in total. The van der Waals surface area contributed by atoms with Crippen LogP contribution in [0.2, 0.25) is 10.0 Å². The van der Waals surface area contributed by atoms with Gasteiger partial charge in [0.15, 0.2) is 0 Å². The Kier molecular flexibility index (Phi) is 6.86. The zero-order valence-electron chi connectivity index (χ0n) is 9.71. The van der Waals surface area contributed by atoms with Crippen LogP contribution >= 0.6 is 23.2 Å². The van der Waals surface area contributed by atoms with Crippen molar-refractivity contribution in [1.82, 2.24) is 0 Å². The first-order chi connectivity index (χ1) is 8.49. The summed E-state index contributed by atoms with van der Waals surface area (Å²) in [5.74, 6) is 0. The summed E-state index contributed by atoms with van der Waals surface area (Å²) in [6.45, 7) is -0.328. The molecule has 1 rings (SSSR count). The highest BCUT2D eigenvalue weighted by atomic mass is 35.5. The van der Waals surface area contributed by atoms with Crippen molar-refractivity contribution in [3.8, 4) is 0 Å². The molecule has 0 aromatic heterocycles. The summed E-state index contributed by atoms with van der Waals surface area (Å²) < 4.78 is 28.4. The fraction of sp³-hybridized carbons (Fsp3) is 0.500. The number of rotatable bonds is 7. The van der Waals surface area contributed by atoms with Gasteiger partial charge in [-0.2, -0.15) is 0 Å². The second kappa shape index (κ2) is 7.89. The largest absolute Gasteiger partial charge is 0.375 e. The van der Waals surface area contributed by atoms with Gasteiger partial charge in [-0.1, -0.05) is 29.3 Å². The van der Waals surface area contributed by atoms with Gasteiger partial charge in [-0.15, -0.1) is 0 Å². The average Bonchev–Trinajstić information content (AvgIpc) is 2.28. The number of benzene rings is 1. The van der Waals surface area contributed by atoms with Gasteiger partial charge in [-0.05, 0) is 30.5 Å². The normalized spacial score (nSPS) is 13.0. The highest BCUT2D eigenvalue weighted by Crippen LogP contribution is 2.22. The molecule has 2 N–H and O–H groups in total. The van der Waals surface area contributed by atoms with Gasteiger partial charge >= 0.3 is 0 Å². The third-order valence-corrected chi connectivity index (χ3v) is 2.96. The smallest absolute Gasteiger partial charge is 0.261 e. The van der Waals surface area contributed by atoms with E-state index >= 15 is 0 Å². The molecule has 0 spiro atoms. The minimum atomic E-state index is -2.44. The molecule has 0 aliphatic carbocycles. The van der Waals surface area contributed by atoms with Crippen LogP contribution in [0.15, 0.2) is 18.2 Å². The molecule has 1 aromatic rings. The van der Waals surface area contributed by atoms with E-state index in [0.29, 0.717) is 22.9 Å². The van der Waals surface area contributed by atoms with E-state index in [1.807, 2.05) is 6.07 Å². The number of halogens is 4. The zero-order valence-corrected chi connectivity index (χ0v) is 11.2. The van der Waals surface area contributed by atoms with Gasteiger partial charge in [0.25, 0.3) is 6.43 Å². The molecule has 0 aliphatic heterocycles. The van der Waals surface area contributed by atoms with Crippen LogP contribution in [0.5, 0.6) is 0 Å². The highest BCUT2D eigenvalue weighted by Gasteiger charge is 2.09. The third kappa shape index (κ3) is 5.96. The number of nitrogens with two attached hydrogens (primary N) is 1. The average molecular weight is 298 g/mol. The minimum Gasteiger partial charge on any atom is -0.375 e. The van der Waals surface area contributed by atoms with Gasteiger partial charge in [-0.25, -0.2) is 8.78 Å². The van der Waals surface area contributed by atoms with E-state index in [1.165, 1.54) is 0 Å². The first kappa shape index (κ1) is 15.6. The molecule has 0 fully saturated rings. The van der Waals surface area contributed by atoms with Crippen LogP contribution in [0.4, 0.5) is 8.78 Å².